The molecule has 1 aliphatic rings. The molecule has 1 aromatic rings. The van der Waals surface area contributed by atoms with Crippen LogP contribution in [0.2, 0.25) is 0 Å². The number of hydrogen-bond donors (Lipinski definition) is 1. The van der Waals surface area contributed by atoms with Crippen LogP contribution in [0.4, 0.5) is 11.6 Å². The fraction of sp³-hybridized carbons (Fsp3) is 0.714. The summed E-state index contributed by atoms with van der Waals surface area (Å²) in [5.74, 6) is 2.68. The highest BCUT2D eigenvalue weighted by Crippen LogP contribution is 2.25. The van der Waals surface area contributed by atoms with Crippen LogP contribution in [0.3, 0.4) is 0 Å². The fourth-order valence-corrected chi connectivity index (χ4v) is 2.09. The lowest BCUT2D eigenvalue weighted by molar-refractivity contribution is 0.193. The van der Waals surface area contributed by atoms with E-state index in [1.54, 1.807) is 0 Å². The summed E-state index contributed by atoms with van der Waals surface area (Å²) >= 11 is 0. The van der Waals surface area contributed by atoms with Gasteiger partial charge in [-0.3, -0.25) is 0 Å². The molecule has 1 unspecified atom stereocenters. The molecule has 5 nitrogen and oxygen atoms in total. The van der Waals surface area contributed by atoms with Gasteiger partial charge in [-0.05, 0) is 6.42 Å². The number of anilines is 2. The first-order valence-electron chi connectivity index (χ1n) is 6.79. The first kappa shape index (κ1) is 14.1. The van der Waals surface area contributed by atoms with Crippen molar-refractivity contribution in [3.8, 4) is 0 Å². The van der Waals surface area contributed by atoms with Gasteiger partial charge in [0.25, 0.3) is 0 Å². The molecule has 0 amide bonds. The van der Waals surface area contributed by atoms with E-state index in [1.165, 1.54) is 0 Å². The summed E-state index contributed by atoms with van der Waals surface area (Å²) < 4.78 is 5.45. The van der Waals surface area contributed by atoms with Gasteiger partial charge in [0.2, 0.25) is 0 Å². The van der Waals surface area contributed by atoms with E-state index in [4.69, 9.17) is 9.72 Å². The molecule has 1 atom stereocenters. The lowest BCUT2D eigenvalue weighted by Gasteiger charge is -2.26. The van der Waals surface area contributed by atoms with Crippen LogP contribution in [0.15, 0.2) is 6.07 Å². The Morgan fingerprint density at radius 1 is 1.37 bits per heavy atom. The van der Waals surface area contributed by atoms with Crippen molar-refractivity contribution in [2.45, 2.75) is 38.6 Å². The first-order valence-corrected chi connectivity index (χ1v) is 6.79. The molecule has 1 aromatic heterocycles. The fourth-order valence-electron chi connectivity index (χ4n) is 2.09. The normalized spacial score (nSPS) is 19.5. The summed E-state index contributed by atoms with van der Waals surface area (Å²) in [5, 5.41) is 3.12. The van der Waals surface area contributed by atoms with Gasteiger partial charge >= 0.3 is 0 Å². The second-order valence-corrected chi connectivity index (χ2v) is 6.06. The summed E-state index contributed by atoms with van der Waals surface area (Å²) in [6, 6.07) is 2.40. The maximum absolute atomic E-state index is 5.45. The maximum atomic E-state index is 5.45. The predicted octanol–water partition coefficient (Wildman–Crippen LogP) is 2.04. The van der Waals surface area contributed by atoms with Crippen molar-refractivity contribution in [3.63, 3.8) is 0 Å². The standard InChI is InChI=1S/C14H24N4O/c1-14(2,3)13-16-11(15-4)8-12(17-13)18(5)10-6-7-19-9-10/h8,10H,6-7,9H2,1-5H3,(H,15,16,17). The molecule has 5 heteroatoms. The molecular weight excluding hydrogens is 240 g/mol. The van der Waals surface area contributed by atoms with Crippen LogP contribution < -0.4 is 10.2 Å². The smallest absolute Gasteiger partial charge is 0.138 e. The van der Waals surface area contributed by atoms with Crippen LogP contribution in [0.5, 0.6) is 0 Å². The van der Waals surface area contributed by atoms with Gasteiger partial charge in [0, 0.05) is 32.2 Å². The van der Waals surface area contributed by atoms with E-state index in [0.717, 1.165) is 37.1 Å². The van der Waals surface area contributed by atoms with Crippen molar-refractivity contribution >= 4 is 11.6 Å². The minimum atomic E-state index is -0.0609. The minimum absolute atomic E-state index is 0.0609. The molecule has 0 spiro atoms. The van der Waals surface area contributed by atoms with Crippen molar-refractivity contribution in [1.29, 1.82) is 0 Å². The monoisotopic (exact) mass is 264 g/mol. The van der Waals surface area contributed by atoms with E-state index in [2.05, 4.69) is 43.0 Å². The van der Waals surface area contributed by atoms with Gasteiger partial charge in [-0.2, -0.15) is 0 Å². The molecule has 1 N–H and O–H groups in total. The second kappa shape index (κ2) is 5.33. The van der Waals surface area contributed by atoms with E-state index in [9.17, 15) is 0 Å². The molecule has 2 rings (SSSR count). The lowest BCUT2D eigenvalue weighted by Crippen LogP contribution is -2.33. The molecule has 1 fully saturated rings. The minimum Gasteiger partial charge on any atom is -0.379 e. The Labute approximate surface area is 115 Å². The van der Waals surface area contributed by atoms with Gasteiger partial charge in [0.1, 0.15) is 17.5 Å². The molecule has 0 radical (unpaired) electrons. The van der Waals surface area contributed by atoms with Gasteiger partial charge < -0.3 is 15.0 Å². The molecule has 0 aromatic carbocycles. The van der Waals surface area contributed by atoms with Crippen molar-refractivity contribution in [2.75, 3.05) is 37.5 Å². The zero-order valence-electron chi connectivity index (χ0n) is 12.5. The summed E-state index contributed by atoms with van der Waals surface area (Å²) in [7, 11) is 3.96. The van der Waals surface area contributed by atoms with Crippen molar-refractivity contribution in [2.24, 2.45) is 0 Å². The summed E-state index contributed by atoms with van der Waals surface area (Å²) in [6.45, 7) is 8.00. The van der Waals surface area contributed by atoms with Gasteiger partial charge in [0.05, 0.1) is 12.6 Å². The molecule has 0 bridgehead atoms. The Morgan fingerprint density at radius 2 is 2.11 bits per heavy atom. The van der Waals surface area contributed by atoms with Crippen molar-refractivity contribution < 1.29 is 4.74 Å². The zero-order valence-corrected chi connectivity index (χ0v) is 12.5. The van der Waals surface area contributed by atoms with Crippen LogP contribution in [-0.2, 0) is 10.2 Å². The Bertz CT molecular complexity index is 436. The highest BCUT2D eigenvalue weighted by molar-refractivity contribution is 5.50. The number of nitrogens with zero attached hydrogens (tertiary/aromatic N) is 3. The number of aromatic nitrogens is 2. The van der Waals surface area contributed by atoms with Crippen molar-refractivity contribution in [1.82, 2.24) is 9.97 Å². The highest BCUT2D eigenvalue weighted by Gasteiger charge is 2.24. The highest BCUT2D eigenvalue weighted by atomic mass is 16.5. The van der Waals surface area contributed by atoms with E-state index in [-0.39, 0.29) is 5.41 Å². The molecule has 19 heavy (non-hydrogen) atoms. The third-order valence-electron chi connectivity index (χ3n) is 3.45. The SMILES string of the molecule is CNc1cc(N(C)C2CCOC2)nc(C(C)(C)C)n1. The van der Waals surface area contributed by atoms with Crippen molar-refractivity contribution in [3.05, 3.63) is 11.9 Å². The quantitative estimate of drug-likeness (QED) is 0.905. The van der Waals surface area contributed by atoms with Gasteiger partial charge in [0.15, 0.2) is 0 Å². The number of rotatable bonds is 3. The first-order chi connectivity index (χ1) is 8.91. The number of ether oxygens (including phenoxy) is 1. The van der Waals surface area contributed by atoms with Crippen LogP contribution in [0.1, 0.15) is 33.0 Å². The maximum Gasteiger partial charge on any atom is 0.138 e. The summed E-state index contributed by atoms with van der Waals surface area (Å²) in [5.41, 5.74) is -0.0609. The lowest BCUT2D eigenvalue weighted by atomic mass is 9.96. The molecule has 0 aliphatic carbocycles. The van der Waals surface area contributed by atoms with Gasteiger partial charge in [-0.1, -0.05) is 20.8 Å². The predicted molar refractivity (Wildman–Crippen MR) is 77.9 cm³/mol. The third kappa shape index (κ3) is 3.15. The summed E-state index contributed by atoms with van der Waals surface area (Å²) in [4.78, 5) is 11.5. The second-order valence-electron chi connectivity index (χ2n) is 6.06. The number of nitrogens with one attached hydrogen (secondary N) is 1. The van der Waals surface area contributed by atoms with E-state index < -0.39 is 0 Å². The van der Waals surface area contributed by atoms with E-state index in [1.807, 2.05) is 13.1 Å². The molecule has 1 aliphatic heterocycles. The average molecular weight is 264 g/mol. The molecule has 0 saturated carbocycles. The Balaban J connectivity index is 2.33. The molecular formula is C14H24N4O. The topological polar surface area (TPSA) is 50.3 Å². The Morgan fingerprint density at radius 3 is 2.63 bits per heavy atom. The summed E-state index contributed by atoms with van der Waals surface area (Å²) in [6.07, 6.45) is 1.06. The Hall–Kier alpha value is -1.36. The molecule has 1 saturated heterocycles. The zero-order chi connectivity index (χ0) is 14.0. The molecule has 2 heterocycles. The number of likely N-dealkylation sites (N-methyl/N-ethyl adjacent to an activating group) is 1. The van der Waals surface area contributed by atoms with Gasteiger partial charge in [-0.25, -0.2) is 9.97 Å². The van der Waals surface area contributed by atoms with Crippen LogP contribution in [0, 0.1) is 0 Å². The Kier molecular flexibility index (Phi) is 3.94. The van der Waals surface area contributed by atoms with E-state index in [0.29, 0.717) is 6.04 Å². The van der Waals surface area contributed by atoms with Crippen LogP contribution in [0.25, 0.3) is 0 Å². The number of hydrogen-bond acceptors (Lipinski definition) is 5. The third-order valence-corrected chi connectivity index (χ3v) is 3.45. The van der Waals surface area contributed by atoms with Gasteiger partial charge in [-0.15, -0.1) is 0 Å². The van der Waals surface area contributed by atoms with Crippen LogP contribution in [-0.4, -0.2) is 43.3 Å². The largest absolute Gasteiger partial charge is 0.379 e. The van der Waals surface area contributed by atoms with Crippen LogP contribution >= 0.6 is 0 Å². The average Bonchev–Trinajstić information content (AvgIpc) is 2.90. The molecule has 106 valence electrons. The van der Waals surface area contributed by atoms with E-state index >= 15 is 0 Å².